The van der Waals surface area contributed by atoms with Crippen LogP contribution in [0.15, 0.2) is 4.52 Å². The Bertz CT molecular complexity index is 476. The highest BCUT2D eigenvalue weighted by atomic mass is 16.5. The van der Waals surface area contributed by atoms with E-state index in [1.54, 1.807) is 0 Å². The monoisotopic (exact) mass is 293 g/mol. The van der Waals surface area contributed by atoms with Crippen molar-refractivity contribution in [3.63, 3.8) is 0 Å². The maximum atomic E-state index is 5.91. The summed E-state index contributed by atoms with van der Waals surface area (Å²) in [6.45, 7) is 11.4. The molecule has 5 heteroatoms. The van der Waals surface area contributed by atoms with E-state index in [2.05, 4.69) is 42.7 Å². The second-order valence-electron chi connectivity index (χ2n) is 7.39. The van der Waals surface area contributed by atoms with Gasteiger partial charge in [0.15, 0.2) is 5.82 Å². The number of hydrogen-bond donors (Lipinski definition) is 0. The van der Waals surface area contributed by atoms with Gasteiger partial charge >= 0.3 is 0 Å². The van der Waals surface area contributed by atoms with Crippen LogP contribution in [0.4, 0.5) is 0 Å². The lowest BCUT2D eigenvalue weighted by Gasteiger charge is -2.29. The molecule has 2 heterocycles. The van der Waals surface area contributed by atoms with Crippen LogP contribution >= 0.6 is 0 Å². The summed E-state index contributed by atoms with van der Waals surface area (Å²) >= 11 is 0. The van der Waals surface area contributed by atoms with Crippen LogP contribution in [0.2, 0.25) is 0 Å². The summed E-state index contributed by atoms with van der Waals surface area (Å²) in [4.78, 5) is 7.07. The second-order valence-corrected chi connectivity index (χ2v) is 7.39. The molecule has 5 nitrogen and oxygen atoms in total. The zero-order valence-corrected chi connectivity index (χ0v) is 13.6. The molecule has 21 heavy (non-hydrogen) atoms. The van der Waals surface area contributed by atoms with Crippen LogP contribution in [0.25, 0.3) is 0 Å². The van der Waals surface area contributed by atoms with Gasteiger partial charge < -0.3 is 9.26 Å². The maximum Gasteiger partial charge on any atom is 0.240 e. The smallest absolute Gasteiger partial charge is 0.240 e. The first-order valence-corrected chi connectivity index (χ1v) is 8.17. The third kappa shape index (κ3) is 3.29. The zero-order chi connectivity index (χ0) is 15.0. The molecule has 2 aliphatic rings. The van der Waals surface area contributed by atoms with E-state index in [0.29, 0.717) is 0 Å². The first-order chi connectivity index (χ1) is 9.99. The Labute approximate surface area is 127 Å². The lowest BCUT2D eigenvalue weighted by Crippen LogP contribution is -2.30. The van der Waals surface area contributed by atoms with Crippen molar-refractivity contribution in [2.75, 3.05) is 13.2 Å². The van der Waals surface area contributed by atoms with Crippen molar-refractivity contribution < 1.29 is 9.26 Å². The first kappa shape index (κ1) is 15.0. The topological polar surface area (TPSA) is 51.4 Å². The van der Waals surface area contributed by atoms with E-state index in [4.69, 9.17) is 9.26 Å². The summed E-state index contributed by atoms with van der Waals surface area (Å²) < 4.78 is 11.4. The molecule has 0 bridgehead atoms. The molecule has 1 saturated carbocycles. The van der Waals surface area contributed by atoms with Crippen LogP contribution in [0.1, 0.15) is 64.6 Å². The summed E-state index contributed by atoms with van der Waals surface area (Å²) in [5.74, 6) is 1.84. The van der Waals surface area contributed by atoms with Crippen LogP contribution in [0, 0.1) is 5.41 Å². The van der Waals surface area contributed by atoms with Gasteiger partial charge in [-0.1, -0.05) is 32.9 Å². The normalized spacial score (nSPS) is 26.7. The molecule has 0 amide bonds. The van der Waals surface area contributed by atoms with Crippen LogP contribution < -0.4 is 0 Å². The van der Waals surface area contributed by atoms with Gasteiger partial charge in [-0.25, -0.2) is 0 Å². The summed E-state index contributed by atoms with van der Waals surface area (Å²) in [7, 11) is 0. The van der Waals surface area contributed by atoms with Crippen molar-refractivity contribution in [1.82, 2.24) is 15.0 Å². The third-order valence-electron chi connectivity index (χ3n) is 4.57. The molecule has 2 atom stereocenters. The van der Waals surface area contributed by atoms with Gasteiger partial charge in [0.25, 0.3) is 0 Å². The molecule has 1 aliphatic carbocycles. The van der Waals surface area contributed by atoms with E-state index in [1.165, 1.54) is 12.8 Å². The second kappa shape index (κ2) is 5.69. The predicted molar refractivity (Wildman–Crippen MR) is 80.0 cm³/mol. The van der Waals surface area contributed by atoms with Crippen molar-refractivity contribution in [1.29, 1.82) is 0 Å². The molecule has 118 valence electrons. The van der Waals surface area contributed by atoms with E-state index >= 15 is 0 Å². The van der Waals surface area contributed by atoms with Gasteiger partial charge in [0, 0.05) is 12.6 Å². The highest BCUT2D eigenvalue weighted by molar-refractivity contribution is 5.05. The minimum absolute atomic E-state index is 0.103. The maximum absolute atomic E-state index is 5.91. The van der Waals surface area contributed by atoms with Crippen molar-refractivity contribution >= 4 is 0 Å². The molecule has 1 aliphatic heterocycles. The van der Waals surface area contributed by atoms with Gasteiger partial charge in [0.05, 0.1) is 18.6 Å². The van der Waals surface area contributed by atoms with Gasteiger partial charge in [0.1, 0.15) is 0 Å². The number of hydrogen-bond acceptors (Lipinski definition) is 5. The number of nitrogens with zero attached hydrogens (tertiary/aromatic N) is 3. The Hall–Kier alpha value is -0.940. The highest BCUT2D eigenvalue weighted by Gasteiger charge is 2.40. The van der Waals surface area contributed by atoms with E-state index < -0.39 is 0 Å². The Morgan fingerprint density at radius 3 is 2.62 bits per heavy atom. The largest absolute Gasteiger partial charge is 0.377 e. The molecular weight excluding hydrogens is 266 g/mol. The van der Waals surface area contributed by atoms with Crippen molar-refractivity contribution in [3.8, 4) is 0 Å². The van der Waals surface area contributed by atoms with Gasteiger partial charge in [-0.2, -0.15) is 4.98 Å². The van der Waals surface area contributed by atoms with Gasteiger partial charge in [-0.05, 0) is 31.2 Å². The van der Waals surface area contributed by atoms with Crippen LogP contribution in [-0.4, -0.2) is 40.3 Å². The minimum atomic E-state index is 0.103. The van der Waals surface area contributed by atoms with E-state index in [9.17, 15) is 0 Å². The molecule has 0 spiro atoms. The average molecular weight is 293 g/mol. The molecule has 1 aromatic rings. The Kier molecular flexibility index (Phi) is 4.06. The van der Waals surface area contributed by atoms with Gasteiger partial charge in [-0.3, -0.25) is 4.90 Å². The number of rotatable bonds is 5. The van der Waals surface area contributed by atoms with Crippen LogP contribution in [0.5, 0.6) is 0 Å². The lowest BCUT2D eigenvalue weighted by atomic mass is 9.81. The Balaban J connectivity index is 1.69. The fraction of sp³-hybridized carbons (Fsp3) is 0.875. The van der Waals surface area contributed by atoms with Crippen molar-refractivity contribution in [2.45, 2.75) is 71.6 Å². The van der Waals surface area contributed by atoms with E-state index in [1.807, 2.05) is 0 Å². The molecule has 0 aromatic carbocycles. The van der Waals surface area contributed by atoms with E-state index in [0.717, 1.165) is 43.9 Å². The Morgan fingerprint density at radius 1 is 1.24 bits per heavy atom. The van der Waals surface area contributed by atoms with E-state index in [-0.39, 0.29) is 17.4 Å². The Morgan fingerprint density at radius 2 is 2.00 bits per heavy atom. The molecule has 1 aromatic heterocycles. The molecule has 0 N–H and O–H groups in total. The summed E-state index contributed by atoms with van der Waals surface area (Å²) in [5, 5.41) is 4.24. The van der Waals surface area contributed by atoms with Crippen LogP contribution in [0.3, 0.4) is 0 Å². The quantitative estimate of drug-likeness (QED) is 0.835. The highest BCUT2D eigenvalue weighted by Crippen LogP contribution is 2.39. The predicted octanol–water partition coefficient (Wildman–Crippen LogP) is 2.97. The SMILES string of the molecule is CCN(Cc1nc([C@H]2CCO[C@@H]2C(C)(C)C)no1)C1CC1. The zero-order valence-electron chi connectivity index (χ0n) is 13.6. The summed E-state index contributed by atoms with van der Waals surface area (Å²) in [6.07, 6.45) is 3.77. The standard InChI is InChI=1S/C16H27N3O2/c1-5-19(11-6-7-11)10-13-17-15(18-21-13)12-8-9-20-14(12)16(2,3)4/h11-12,14H,5-10H2,1-4H3/t12-,14-/m0/s1. The molecular formula is C16H27N3O2. The molecule has 0 radical (unpaired) electrons. The van der Waals surface area contributed by atoms with Gasteiger partial charge in [-0.15, -0.1) is 0 Å². The first-order valence-electron chi connectivity index (χ1n) is 8.17. The third-order valence-corrected chi connectivity index (χ3v) is 4.57. The van der Waals surface area contributed by atoms with Gasteiger partial charge in [0.2, 0.25) is 5.89 Å². The fourth-order valence-electron chi connectivity index (χ4n) is 3.30. The summed E-state index contributed by atoms with van der Waals surface area (Å²) in [6, 6.07) is 0.725. The molecule has 3 rings (SSSR count). The minimum Gasteiger partial charge on any atom is -0.377 e. The van der Waals surface area contributed by atoms with Crippen LogP contribution in [-0.2, 0) is 11.3 Å². The van der Waals surface area contributed by atoms with Crippen molar-refractivity contribution in [2.24, 2.45) is 5.41 Å². The summed E-state index contributed by atoms with van der Waals surface area (Å²) in [5.41, 5.74) is 0.103. The molecule has 2 fully saturated rings. The fourth-order valence-corrected chi connectivity index (χ4v) is 3.30. The molecule has 0 unspecified atom stereocenters. The number of aromatic nitrogens is 2. The molecule has 1 saturated heterocycles. The van der Waals surface area contributed by atoms with Crippen molar-refractivity contribution in [3.05, 3.63) is 11.7 Å². The average Bonchev–Trinajstić information content (AvgIpc) is 2.97. The lowest BCUT2D eigenvalue weighted by molar-refractivity contribution is 0.0193. The number of ether oxygens (including phenoxy) is 1.